The Morgan fingerprint density at radius 1 is 1.00 bits per heavy atom. The number of nitrogens with one attached hydrogen (secondary N) is 2. The highest BCUT2D eigenvalue weighted by atomic mass is 35.5. The summed E-state index contributed by atoms with van der Waals surface area (Å²) in [6.07, 6.45) is -0.358. The quantitative estimate of drug-likeness (QED) is 0.612. The van der Waals surface area contributed by atoms with Crippen LogP contribution < -0.4 is 10.6 Å². The van der Waals surface area contributed by atoms with Crippen LogP contribution in [0.2, 0.25) is 5.02 Å². The van der Waals surface area contributed by atoms with E-state index in [1.165, 1.54) is 13.2 Å². The number of para-hydroxylation sites is 1. The van der Waals surface area contributed by atoms with E-state index in [0.29, 0.717) is 17.3 Å². The maximum absolute atomic E-state index is 12.0. The number of esters is 1. The van der Waals surface area contributed by atoms with Crippen LogP contribution in [0.1, 0.15) is 22.3 Å². The topological polar surface area (TPSA) is 84.5 Å². The predicted molar refractivity (Wildman–Crippen MR) is 94.3 cm³/mol. The molecule has 0 aromatic heterocycles. The summed E-state index contributed by atoms with van der Waals surface area (Å²) in [6, 6.07) is 13.4. The van der Waals surface area contributed by atoms with Crippen molar-refractivity contribution in [2.24, 2.45) is 0 Å². The van der Waals surface area contributed by atoms with Crippen LogP contribution in [0.15, 0.2) is 48.5 Å². The molecule has 0 radical (unpaired) electrons. The molecule has 0 saturated heterocycles. The molecule has 25 heavy (non-hydrogen) atoms. The third kappa shape index (κ3) is 5.61. The van der Waals surface area contributed by atoms with E-state index in [0.717, 1.165) is 5.56 Å². The highest BCUT2D eigenvalue weighted by Gasteiger charge is 2.15. The first kappa shape index (κ1) is 18.5. The molecule has 7 heteroatoms. The van der Waals surface area contributed by atoms with E-state index in [-0.39, 0.29) is 12.0 Å². The Balaban J connectivity index is 1.88. The average molecular weight is 361 g/mol. The average Bonchev–Trinajstić information content (AvgIpc) is 2.61. The van der Waals surface area contributed by atoms with Gasteiger partial charge in [-0.1, -0.05) is 35.9 Å². The van der Waals surface area contributed by atoms with E-state index in [1.807, 2.05) is 0 Å². The summed E-state index contributed by atoms with van der Waals surface area (Å²) in [4.78, 5) is 35.5. The van der Waals surface area contributed by atoms with Gasteiger partial charge in [0, 0.05) is 11.6 Å². The number of halogens is 1. The normalized spacial score (nSPS) is 10.0. The lowest BCUT2D eigenvalue weighted by Gasteiger charge is -2.10. The number of methoxy groups -OCH3 is 1. The Labute approximate surface area is 150 Å². The van der Waals surface area contributed by atoms with Crippen LogP contribution >= 0.6 is 11.6 Å². The van der Waals surface area contributed by atoms with Gasteiger partial charge in [0.1, 0.15) is 6.42 Å². The van der Waals surface area contributed by atoms with Gasteiger partial charge in [-0.15, -0.1) is 0 Å². The van der Waals surface area contributed by atoms with Crippen molar-refractivity contribution in [3.8, 4) is 0 Å². The van der Waals surface area contributed by atoms with Gasteiger partial charge in [0.25, 0.3) is 0 Å². The summed E-state index contributed by atoms with van der Waals surface area (Å²) in [6.45, 7) is 0.294. The second-order valence-electron chi connectivity index (χ2n) is 5.17. The van der Waals surface area contributed by atoms with Gasteiger partial charge in [-0.25, -0.2) is 4.79 Å². The number of rotatable bonds is 6. The summed E-state index contributed by atoms with van der Waals surface area (Å²) in [5, 5.41) is 5.80. The van der Waals surface area contributed by atoms with Gasteiger partial charge in [0.05, 0.1) is 18.4 Å². The van der Waals surface area contributed by atoms with Crippen molar-refractivity contribution >= 4 is 35.1 Å². The number of amides is 2. The van der Waals surface area contributed by atoms with Crippen LogP contribution in [0.4, 0.5) is 5.69 Å². The van der Waals surface area contributed by atoms with Crippen molar-refractivity contribution in [3.63, 3.8) is 0 Å². The number of hydrogen-bond donors (Lipinski definition) is 2. The van der Waals surface area contributed by atoms with Crippen molar-refractivity contribution in [2.45, 2.75) is 13.0 Å². The molecule has 2 rings (SSSR count). The lowest BCUT2D eigenvalue weighted by atomic mass is 10.1. The molecular formula is C18H17ClN2O4. The molecule has 0 unspecified atom stereocenters. The molecule has 0 aliphatic heterocycles. The fourth-order valence-corrected chi connectivity index (χ4v) is 2.21. The largest absolute Gasteiger partial charge is 0.465 e. The molecule has 2 N–H and O–H groups in total. The van der Waals surface area contributed by atoms with Gasteiger partial charge < -0.3 is 15.4 Å². The number of ether oxygens (including phenoxy) is 1. The monoisotopic (exact) mass is 360 g/mol. The van der Waals surface area contributed by atoms with Crippen LogP contribution in [-0.2, 0) is 20.9 Å². The van der Waals surface area contributed by atoms with Gasteiger partial charge in [0.15, 0.2) is 0 Å². The van der Waals surface area contributed by atoms with E-state index in [2.05, 4.69) is 15.4 Å². The van der Waals surface area contributed by atoms with E-state index in [1.54, 1.807) is 42.5 Å². The minimum Gasteiger partial charge on any atom is -0.465 e. The lowest BCUT2D eigenvalue weighted by molar-refractivity contribution is -0.126. The zero-order valence-electron chi connectivity index (χ0n) is 13.5. The number of hydrogen-bond acceptors (Lipinski definition) is 4. The first-order valence-corrected chi connectivity index (χ1v) is 7.85. The molecule has 0 atom stereocenters. The molecule has 0 spiro atoms. The van der Waals surface area contributed by atoms with E-state index in [9.17, 15) is 14.4 Å². The number of carbonyl (C=O) groups excluding carboxylic acids is 3. The summed E-state index contributed by atoms with van der Waals surface area (Å²) in [5.41, 5.74) is 1.39. The van der Waals surface area contributed by atoms with Gasteiger partial charge >= 0.3 is 5.97 Å². The molecule has 130 valence electrons. The van der Waals surface area contributed by atoms with Gasteiger partial charge in [0.2, 0.25) is 11.8 Å². The summed E-state index contributed by atoms with van der Waals surface area (Å²) in [7, 11) is 1.26. The molecular weight excluding hydrogens is 344 g/mol. The molecule has 6 nitrogen and oxygen atoms in total. The second-order valence-corrected chi connectivity index (χ2v) is 5.60. The predicted octanol–water partition coefficient (Wildman–Crippen LogP) is 2.77. The Kier molecular flexibility index (Phi) is 6.54. The van der Waals surface area contributed by atoms with E-state index in [4.69, 9.17) is 11.6 Å². The van der Waals surface area contributed by atoms with E-state index >= 15 is 0 Å². The number of benzene rings is 2. The number of carbonyl (C=O) groups is 3. The van der Waals surface area contributed by atoms with Crippen molar-refractivity contribution in [2.75, 3.05) is 12.4 Å². The standard InChI is InChI=1S/C18H17ClN2O4/c1-25-18(24)14-4-2-3-5-15(14)21-17(23)10-16(22)20-11-12-6-8-13(19)9-7-12/h2-9H,10-11H2,1H3,(H,20,22)(H,21,23). The van der Waals surface area contributed by atoms with E-state index < -0.39 is 17.8 Å². The maximum atomic E-state index is 12.0. The van der Waals surface area contributed by atoms with Crippen molar-refractivity contribution in [1.82, 2.24) is 5.32 Å². The summed E-state index contributed by atoms with van der Waals surface area (Å²) in [5.74, 6) is -1.52. The van der Waals surface area contributed by atoms with Crippen LogP contribution in [0.3, 0.4) is 0 Å². The van der Waals surface area contributed by atoms with Crippen molar-refractivity contribution in [1.29, 1.82) is 0 Å². The molecule has 0 aliphatic rings. The summed E-state index contributed by atoms with van der Waals surface area (Å²) < 4.78 is 4.66. The first-order valence-electron chi connectivity index (χ1n) is 7.48. The Bertz CT molecular complexity index is 775. The fraction of sp³-hybridized carbons (Fsp3) is 0.167. The van der Waals surface area contributed by atoms with Crippen LogP contribution in [0.25, 0.3) is 0 Å². The Morgan fingerprint density at radius 2 is 1.68 bits per heavy atom. The third-order valence-corrected chi connectivity index (χ3v) is 3.58. The van der Waals surface area contributed by atoms with Crippen molar-refractivity contribution < 1.29 is 19.1 Å². The van der Waals surface area contributed by atoms with Crippen LogP contribution in [0, 0.1) is 0 Å². The highest BCUT2D eigenvalue weighted by molar-refractivity contribution is 6.30. The minimum absolute atomic E-state index is 0.222. The molecule has 2 amide bonds. The van der Waals surface area contributed by atoms with Crippen LogP contribution in [0.5, 0.6) is 0 Å². The Hall–Kier alpha value is -2.86. The van der Waals surface area contributed by atoms with Gasteiger partial charge in [-0.05, 0) is 29.8 Å². The number of anilines is 1. The zero-order valence-corrected chi connectivity index (χ0v) is 14.3. The zero-order chi connectivity index (χ0) is 18.2. The maximum Gasteiger partial charge on any atom is 0.339 e. The third-order valence-electron chi connectivity index (χ3n) is 3.33. The molecule has 2 aromatic carbocycles. The molecule has 0 heterocycles. The molecule has 0 bridgehead atoms. The second kappa shape index (κ2) is 8.84. The van der Waals surface area contributed by atoms with Gasteiger partial charge in [-0.2, -0.15) is 0 Å². The lowest BCUT2D eigenvalue weighted by Crippen LogP contribution is -2.28. The smallest absolute Gasteiger partial charge is 0.339 e. The molecule has 0 aliphatic carbocycles. The molecule has 2 aromatic rings. The van der Waals surface area contributed by atoms with Crippen molar-refractivity contribution in [3.05, 3.63) is 64.7 Å². The fourth-order valence-electron chi connectivity index (χ4n) is 2.09. The van der Waals surface area contributed by atoms with Crippen LogP contribution in [-0.4, -0.2) is 24.9 Å². The van der Waals surface area contributed by atoms with Gasteiger partial charge in [-0.3, -0.25) is 9.59 Å². The highest BCUT2D eigenvalue weighted by Crippen LogP contribution is 2.16. The molecule has 0 fully saturated rings. The molecule has 0 saturated carbocycles. The minimum atomic E-state index is -0.567. The first-order chi connectivity index (χ1) is 12.0. The Morgan fingerprint density at radius 3 is 2.36 bits per heavy atom. The SMILES string of the molecule is COC(=O)c1ccccc1NC(=O)CC(=O)NCc1ccc(Cl)cc1. The summed E-state index contributed by atoms with van der Waals surface area (Å²) >= 11 is 5.79.